The fourth-order valence-corrected chi connectivity index (χ4v) is 2.56. The molecule has 3 nitrogen and oxygen atoms in total. The smallest absolute Gasteiger partial charge is 0.140 e. The van der Waals surface area contributed by atoms with E-state index in [9.17, 15) is 0 Å². The topological polar surface area (TPSA) is 25.4 Å². The van der Waals surface area contributed by atoms with Crippen LogP contribution in [0, 0.1) is 6.92 Å². The van der Waals surface area contributed by atoms with Crippen LogP contribution in [0.3, 0.4) is 0 Å². The maximum atomic E-state index is 5.34. The summed E-state index contributed by atoms with van der Waals surface area (Å²) in [4.78, 5) is 6.68. The van der Waals surface area contributed by atoms with Crippen LogP contribution >= 0.6 is 0 Å². The van der Waals surface area contributed by atoms with Gasteiger partial charge in [-0.25, -0.2) is 4.98 Å². The number of hydrogen-bond acceptors (Lipinski definition) is 3. The summed E-state index contributed by atoms with van der Waals surface area (Å²) in [5.74, 6) is 1.80. The number of benzene rings is 2. The third-order valence-electron chi connectivity index (χ3n) is 3.75. The van der Waals surface area contributed by atoms with Crippen molar-refractivity contribution >= 4 is 22.3 Å². The van der Waals surface area contributed by atoms with Gasteiger partial charge < -0.3 is 9.64 Å². The Balaban J connectivity index is 2.14. The number of nitrogens with zero attached hydrogens (tertiary/aromatic N) is 2. The molecule has 0 spiro atoms. The third-order valence-corrected chi connectivity index (χ3v) is 3.75. The summed E-state index contributed by atoms with van der Waals surface area (Å²) >= 11 is 0. The summed E-state index contributed by atoms with van der Waals surface area (Å²) in [7, 11) is 3.72. The number of pyridine rings is 1. The summed E-state index contributed by atoms with van der Waals surface area (Å²) in [6.07, 6.45) is 1.85. The SMILES string of the molecule is COc1ccc(C)c(N(C)c2nccc3ccccc23)c1. The average molecular weight is 278 g/mol. The molecule has 0 aliphatic carbocycles. The average Bonchev–Trinajstić information content (AvgIpc) is 2.54. The first-order valence-electron chi connectivity index (χ1n) is 6.93. The summed E-state index contributed by atoms with van der Waals surface area (Å²) in [5.41, 5.74) is 2.28. The van der Waals surface area contributed by atoms with Crippen molar-refractivity contribution in [3.05, 3.63) is 60.3 Å². The van der Waals surface area contributed by atoms with Crippen molar-refractivity contribution in [3.8, 4) is 5.75 Å². The highest BCUT2D eigenvalue weighted by Crippen LogP contribution is 2.32. The zero-order chi connectivity index (χ0) is 14.8. The van der Waals surface area contributed by atoms with Gasteiger partial charge in [0.25, 0.3) is 0 Å². The molecular weight excluding hydrogens is 260 g/mol. The second-order valence-electron chi connectivity index (χ2n) is 5.07. The first-order chi connectivity index (χ1) is 10.2. The van der Waals surface area contributed by atoms with Crippen molar-refractivity contribution in [1.29, 1.82) is 0 Å². The Morgan fingerprint density at radius 1 is 1.05 bits per heavy atom. The van der Waals surface area contributed by atoms with Crippen LogP contribution in [0.1, 0.15) is 5.56 Å². The van der Waals surface area contributed by atoms with Crippen LogP contribution in [-0.2, 0) is 0 Å². The minimum atomic E-state index is 0.850. The van der Waals surface area contributed by atoms with Crippen LogP contribution in [-0.4, -0.2) is 19.1 Å². The molecule has 21 heavy (non-hydrogen) atoms. The predicted octanol–water partition coefficient (Wildman–Crippen LogP) is 4.32. The van der Waals surface area contributed by atoms with Gasteiger partial charge in [-0.1, -0.05) is 30.3 Å². The van der Waals surface area contributed by atoms with Crippen LogP contribution in [0.2, 0.25) is 0 Å². The van der Waals surface area contributed by atoms with Gasteiger partial charge in [0, 0.05) is 30.4 Å². The van der Waals surface area contributed by atoms with Crippen molar-refractivity contribution in [2.45, 2.75) is 6.92 Å². The van der Waals surface area contributed by atoms with Crippen molar-refractivity contribution in [3.63, 3.8) is 0 Å². The zero-order valence-electron chi connectivity index (χ0n) is 12.5. The van der Waals surface area contributed by atoms with E-state index in [4.69, 9.17) is 4.74 Å². The molecule has 0 radical (unpaired) electrons. The largest absolute Gasteiger partial charge is 0.497 e. The van der Waals surface area contributed by atoms with Crippen molar-refractivity contribution in [1.82, 2.24) is 4.98 Å². The summed E-state index contributed by atoms with van der Waals surface area (Å²) < 4.78 is 5.34. The van der Waals surface area contributed by atoms with E-state index in [1.807, 2.05) is 43.6 Å². The second kappa shape index (κ2) is 5.44. The van der Waals surface area contributed by atoms with E-state index >= 15 is 0 Å². The highest BCUT2D eigenvalue weighted by Gasteiger charge is 2.12. The van der Waals surface area contributed by atoms with Gasteiger partial charge in [0.15, 0.2) is 0 Å². The molecule has 0 saturated heterocycles. The highest BCUT2D eigenvalue weighted by molar-refractivity contribution is 5.94. The Labute approximate surface area is 124 Å². The zero-order valence-corrected chi connectivity index (χ0v) is 12.5. The molecule has 106 valence electrons. The van der Waals surface area contributed by atoms with Gasteiger partial charge in [-0.2, -0.15) is 0 Å². The normalized spacial score (nSPS) is 10.6. The first-order valence-corrected chi connectivity index (χ1v) is 6.93. The maximum absolute atomic E-state index is 5.34. The van der Waals surface area contributed by atoms with Crippen LogP contribution in [0.15, 0.2) is 54.7 Å². The summed E-state index contributed by atoms with van der Waals surface area (Å²) in [6, 6.07) is 16.4. The number of fused-ring (bicyclic) bond motifs is 1. The summed E-state index contributed by atoms with van der Waals surface area (Å²) in [5, 5.41) is 2.33. The summed E-state index contributed by atoms with van der Waals surface area (Å²) in [6.45, 7) is 2.09. The fourth-order valence-electron chi connectivity index (χ4n) is 2.56. The molecule has 3 rings (SSSR count). The quantitative estimate of drug-likeness (QED) is 0.713. The van der Waals surface area contributed by atoms with Crippen molar-refractivity contribution in [2.75, 3.05) is 19.1 Å². The first kappa shape index (κ1) is 13.4. The molecule has 0 bridgehead atoms. The Morgan fingerprint density at radius 3 is 2.67 bits per heavy atom. The van der Waals surface area contributed by atoms with E-state index in [0.29, 0.717) is 0 Å². The van der Waals surface area contributed by atoms with Gasteiger partial charge >= 0.3 is 0 Å². The van der Waals surface area contributed by atoms with E-state index in [0.717, 1.165) is 22.6 Å². The van der Waals surface area contributed by atoms with Gasteiger partial charge in [-0.15, -0.1) is 0 Å². The molecule has 3 aromatic rings. The Kier molecular flexibility index (Phi) is 3.48. The van der Waals surface area contributed by atoms with E-state index in [2.05, 4.69) is 35.0 Å². The number of aryl methyl sites for hydroxylation is 1. The molecule has 0 N–H and O–H groups in total. The lowest BCUT2D eigenvalue weighted by molar-refractivity contribution is 0.415. The van der Waals surface area contributed by atoms with Gasteiger partial charge in [0.1, 0.15) is 11.6 Å². The van der Waals surface area contributed by atoms with Gasteiger partial charge in [0.05, 0.1) is 7.11 Å². The van der Waals surface area contributed by atoms with Crippen molar-refractivity contribution < 1.29 is 4.74 Å². The number of aromatic nitrogens is 1. The second-order valence-corrected chi connectivity index (χ2v) is 5.07. The molecule has 1 aromatic heterocycles. The Hall–Kier alpha value is -2.55. The van der Waals surface area contributed by atoms with Crippen LogP contribution in [0.25, 0.3) is 10.8 Å². The van der Waals surface area contributed by atoms with Gasteiger partial charge in [-0.3, -0.25) is 0 Å². The van der Waals surface area contributed by atoms with Crippen LogP contribution < -0.4 is 9.64 Å². The van der Waals surface area contributed by atoms with E-state index in [-0.39, 0.29) is 0 Å². The Morgan fingerprint density at radius 2 is 1.86 bits per heavy atom. The molecule has 3 heteroatoms. The number of anilines is 2. The monoisotopic (exact) mass is 278 g/mol. The van der Waals surface area contributed by atoms with Crippen molar-refractivity contribution in [2.24, 2.45) is 0 Å². The molecule has 0 saturated carbocycles. The van der Waals surface area contributed by atoms with Crippen LogP contribution in [0.4, 0.5) is 11.5 Å². The molecule has 0 aliphatic rings. The number of methoxy groups -OCH3 is 1. The fraction of sp³-hybridized carbons (Fsp3) is 0.167. The molecule has 1 heterocycles. The van der Waals surface area contributed by atoms with Gasteiger partial charge in [-0.05, 0) is 30.0 Å². The molecule has 0 amide bonds. The molecule has 0 aliphatic heterocycles. The molecule has 0 atom stereocenters. The third kappa shape index (κ3) is 2.42. The number of ether oxygens (including phenoxy) is 1. The lowest BCUT2D eigenvalue weighted by Crippen LogP contribution is -2.13. The van der Waals surface area contributed by atoms with Gasteiger partial charge in [0.2, 0.25) is 0 Å². The van der Waals surface area contributed by atoms with E-state index in [1.54, 1.807) is 7.11 Å². The predicted molar refractivity (Wildman–Crippen MR) is 87.5 cm³/mol. The molecule has 2 aromatic carbocycles. The molecule has 0 unspecified atom stereocenters. The lowest BCUT2D eigenvalue weighted by atomic mass is 10.1. The Bertz CT molecular complexity index is 778. The highest BCUT2D eigenvalue weighted by atomic mass is 16.5. The number of hydrogen-bond donors (Lipinski definition) is 0. The maximum Gasteiger partial charge on any atom is 0.140 e. The standard InChI is InChI=1S/C18H18N2O/c1-13-8-9-15(21-3)12-17(13)20(2)18-16-7-5-4-6-14(16)10-11-19-18/h4-12H,1-3H3. The molecular formula is C18H18N2O. The van der Waals surface area contributed by atoms with E-state index < -0.39 is 0 Å². The number of rotatable bonds is 3. The van der Waals surface area contributed by atoms with E-state index in [1.165, 1.54) is 10.9 Å². The van der Waals surface area contributed by atoms with Crippen LogP contribution in [0.5, 0.6) is 5.75 Å². The minimum absolute atomic E-state index is 0.850. The molecule has 0 fully saturated rings. The lowest BCUT2D eigenvalue weighted by Gasteiger charge is -2.22. The minimum Gasteiger partial charge on any atom is -0.497 e.